The van der Waals surface area contributed by atoms with Crippen molar-refractivity contribution in [2.45, 2.75) is 31.3 Å². The Labute approximate surface area is 144 Å². The fourth-order valence-corrected chi connectivity index (χ4v) is 2.90. The predicted molar refractivity (Wildman–Crippen MR) is 80.1 cm³/mol. The van der Waals surface area contributed by atoms with Gasteiger partial charge in [-0.05, 0) is 56.3 Å². The molecular weight excluding hydrogens is 364 g/mol. The van der Waals surface area contributed by atoms with E-state index in [2.05, 4.69) is 15.2 Å². The molecule has 0 bridgehead atoms. The Morgan fingerprint density at radius 3 is 2.15 bits per heavy atom. The zero-order valence-electron chi connectivity index (χ0n) is 13.4. The molecule has 26 heavy (non-hydrogen) atoms. The summed E-state index contributed by atoms with van der Waals surface area (Å²) in [4.78, 5) is 0. The molecule has 3 rings (SSSR count). The maximum Gasteiger partial charge on any atom is 0.573 e. The lowest BCUT2D eigenvalue weighted by Crippen LogP contribution is -2.26. The molecule has 4 nitrogen and oxygen atoms in total. The third kappa shape index (κ3) is 4.29. The molecule has 2 heterocycles. The van der Waals surface area contributed by atoms with Crippen molar-refractivity contribution in [1.29, 1.82) is 0 Å². The van der Waals surface area contributed by atoms with Crippen LogP contribution in [0.2, 0.25) is 0 Å². The highest BCUT2D eigenvalue weighted by atomic mass is 19.4. The number of nitrogens with zero attached hydrogens (tertiary/aromatic N) is 2. The summed E-state index contributed by atoms with van der Waals surface area (Å²) in [6.07, 6.45) is -8.16. The molecule has 1 N–H and O–H groups in total. The third-order valence-corrected chi connectivity index (χ3v) is 4.09. The Balaban J connectivity index is 1.93. The highest BCUT2D eigenvalue weighted by Gasteiger charge is 2.37. The average molecular weight is 379 g/mol. The number of halogens is 6. The van der Waals surface area contributed by atoms with Crippen LogP contribution in [0.5, 0.6) is 5.75 Å². The number of alkyl halides is 6. The first-order valence-corrected chi connectivity index (χ1v) is 7.87. The van der Waals surface area contributed by atoms with Crippen LogP contribution in [0.1, 0.15) is 30.1 Å². The summed E-state index contributed by atoms with van der Waals surface area (Å²) in [7, 11) is 0. The fourth-order valence-electron chi connectivity index (χ4n) is 2.90. The molecule has 142 valence electrons. The highest BCUT2D eigenvalue weighted by Crippen LogP contribution is 2.35. The predicted octanol–water partition coefficient (Wildman–Crippen LogP) is 4.26. The largest absolute Gasteiger partial charge is 0.573 e. The highest BCUT2D eigenvalue weighted by molar-refractivity contribution is 5.39. The van der Waals surface area contributed by atoms with E-state index in [0.717, 1.165) is 35.0 Å². The first-order chi connectivity index (χ1) is 12.1. The van der Waals surface area contributed by atoms with Gasteiger partial charge in [0.15, 0.2) is 0 Å². The Kier molecular flexibility index (Phi) is 4.87. The van der Waals surface area contributed by atoms with E-state index in [-0.39, 0.29) is 11.6 Å². The van der Waals surface area contributed by atoms with Gasteiger partial charge < -0.3 is 10.1 Å². The normalized spacial score (nSPS) is 16.7. The Morgan fingerprint density at radius 1 is 1.00 bits per heavy atom. The summed E-state index contributed by atoms with van der Waals surface area (Å²) in [5.74, 6) is -0.605. The molecule has 1 saturated heterocycles. The number of nitrogens with one attached hydrogen (secondary N) is 1. The quantitative estimate of drug-likeness (QED) is 0.811. The first kappa shape index (κ1) is 18.6. The van der Waals surface area contributed by atoms with Crippen molar-refractivity contribution in [2.24, 2.45) is 0 Å². The van der Waals surface area contributed by atoms with Crippen molar-refractivity contribution >= 4 is 0 Å². The summed E-state index contributed by atoms with van der Waals surface area (Å²) < 4.78 is 81.2. The van der Waals surface area contributed by atoms with Gasteiger partial charge in [0.1, 0.15) is 11.4 Å². The standard InChI is InChI=1S/C16H15F6N3O/c17-15(18,19)14-9-13(10-5-7-23-8-6-10)24-25(14)11-1-3-12(4-2-11)26-16(20,21)22/h1-4,9-10,23H,5-8H2. The van der Waals surface area contributed by atoms with Crippen LogP contribution in [-0.4, -0.2) is 29.2 Å². The van der Waals surface area contributed by atoms with Crippen molar-refractivity contribution in [3.8, 4) is 11.4 Å². The number of benzene rings is 1. The number of rotatable bonds is 3. The molecule has 0 saturated carbocycles. The maximum atomic E-state index is 13.4. The Hall–Kier alpha value is -2.23. The van der Waals surface area contributed by atoms with Gasteiger partial charge in [-0.2, -0.15) is 18.3 Å². The molecule has 1 fully saturated rings. The molecule has 0 unspecified atom stereocenters. The van der Waals surface area contributed by atoms with Crippen molar-refractivity contribution in [2.75, 3.05) is 13.1 Å². The van der Waals surface area contributed by atoms with Gasteiger partial charge in [-0.15, -0.1) is 13.2 Å². The molecule has 1 aromatic carbocycles. The molecule has 0 radical (unpaired) electrons. The number of aromatic nitrogens is 2. The van der Waals surface area contributed by atoms with Gasteiger partial charge in [0.05, 0.1) is 11.4 Å². The van der Waals surface area contributed by atoms with Crippen molar-refractivity contribution < 1.29 is 31.1 Å². The smallest absolute Gasteiger partial charge is 0.406 e. The van der Waals surface area contributed by atoms with Crippen LogP contribution in [0, 0.1) is 0 Å². The molecule has 2 aromatic rings. The second-order valence-corrected chi connectivity index (χ2v) is 5.93. The average Bonchev–Trinajstić information content (AvgIpc) is 3.00. The van der Waals surface area contributed by atoms with E-state index in [1.54, 1.807) is 0 Å². The van der Waals surface area contributed by atoms with E-state index in [1.165, 1.54) is 0 Å². The van der Waals surface area contributed by atoms with Crippen LogP contribution in [0.4, 0.5) is 26.3 Å². The fraction of sp³-hybridized carbons (Fsp3) is 0.438. The van der Waals surface area contributed by atoms with E-state index >= 15 is 0 Å². The monoisotopic (exact) mass is 379 g/mol. The van der Waals surface area contributed by atoms with Crippen molar-refractivity contribution in [1.82, 2.24) is 15.1 Å². The van der Waals surface area contributed by atoms with Crippen LogP contribution in [0.25, 0.3) is 5.69 Å². The second kappa shape index (κ2) is 6.82. The summed E-state index contributed by atoms with van der Waals surface area (Å²) in [5.41, 5.74) is -0.628. The Morgan fingerprint density at radius 2 is 1.62 bits per heavy atom. The molecule has 0 aliphatic carbocycles. The summed E-state index contributed by atoms with van der Waals surface area (Å²) in [5, 5.41) is 7.21. The van der Waals surface area contributed by atoms with Gasteiger partial charge in [-0.1, -0.05) is 0 Å². The summed E-state index contributed by atoms with van der Waals surface area (Å²) >= 11 is 0. The van der Waals surface area contributed by atoms with Crippen molar-refractivity contribution in [3.05, 3.63) is 41.7 Å². The van der Waals surface area contributed by atoms with E-state index < -0.39 is 24.0 Å². The van der Waals surface area contributed by atoms with Gasteiger partial charge >= 0.3 is 12.5 Å². The minimum Gasteiger partial charge on any atom is -0.406 e. The van der Waals surface area contributed by atoms with Gasteiger partial charge in [0.25, 0.3) is 0 Å². The number of ether oxygens (including phenoxy) is 1. The van der Waals surface area contributed by atoms with Gasteiger partial charge in [-0.25, -0.2) is 4.68 Å². The number of hydrogen-bond acceptors (Lipinski definition) is 3. The lowest BCUT2D eigenvalue weighted by Gasteiger charge is -2.20. The van der Waals surface area contributed by atoms with E-state index in [1.807, 2.05) is 0 Å². The van der Waals surface area contributed by atoms with Gasteiger partial charge in [0, 0.05) is 5.92 Å². The summed E-state index contributed by atoms with van der Waals surface area (Å²) in [6.45, 7) is 1.39. The van der Waals surface area contributed by atoms with Crippen LogP contribution in [-0.2, 0) is 6.18 Å². The second-order valence-electron chi connectivity index (χ2n) is 5.93. The van der Waals surface area contributed by atoms with E-state index in [0.29, 0.717) is 31.6 Å². The number of piperidine rings is 1. The first-order valence-electron chi connectivity index (χ1n) is 7.87. The van der Waals surface area contributed by atoms with Crippen LogP contribution >= 0.6 is 0 Å². The third-order valence-electron chi connectivity index (χ3n) is 4.09. The SMILES string of the molecule is FC(F)(F)Oc1ccc(-n2nc(C3CCNCC3)cc2C(F)(F)F)cc1. The lowest BCUT2D eigenvalue weighted by molar-refractivity contribution is -0.274. The lowest BCUT2D eigenvalue weighted by atomic mass is 9.94. The maximum absolute atomic E-state index is 13.4. The Bertz CT molecular complexity index is 745. The minimum absolute atomic E-state index is 0.00651. The molecule has 0 atom stereocenters. The number of hydrogen-bond donors (Lipinski definition) is 1. The van der Waals surface area contributed by atoms with E-state index in [4.69, 9.17) is 0 Å². The molecular formula is C16H15F6N3O. The van der Waals surface area contributed by atoms with Gasteiger partial charge in [-0.3, -0.25) is 0 Å². The topological polar surface area (TPSA) is 39.1 Å². The van der Waals surface area contributed by atoms with E-state index in [9.17, 15) is 26.3 Å². The molecule has 1 aromatic heterocycles. The van der Waals surface area contributed by atoms with Gasteiger partial charge in [0.2, 0.25) is 0 Å². The minimum atomic E-state index is -4.87. The molecule has 1 aliphatic rings. The molecule has 0 spiro atoms. The van der Waals surface area contributed by atoms with Crippen LogP contribution < -0.4 is 10.1 Å². The van der Waals surface area contributed by atoms with Crippen LogP contribution in [0.15, 0.2) is 30.3 Å². The molecule has 10 heteroatoms. The summed E-state index contributed by atoms with van der Waals surface area (Å²) in [6, 6.07) is 5.13. The molecule has 1 aliphatic heterocycles. The van der Waals surface area contributed by atoms with Crippen molar-refractivity contribution in [3.63, 3.8) is 0 Å². The zero-order chi connectivity index (χ0) is 18.9. The zero-order valence-corrected chi connectivity index (χ0v) is 13.4. The molecule has 0 amide bonds. The van der Waals surface area contributed by atoms with Crippen LogP contribution in [0.3, 0.4) is 0 Å².